The number of thioether (sulfide) groups is 1. The van der Waals surface area contributed by atoms with Crippen LogP contribution in [0.15, 0.2) is 41.6 Å². The quantitative estimate of drug-likeness (QED) is 0.480. The van der Waals surface area contributed by atoms with Crippen LogP contribution in [0.5, 0.6) is 0 Å². The maximum Gasteiger partial charge on any atom is 0.103 e. The van der Waals surface area contributed by atoms with Gasteiger partial charge in [0.2, 0.25) is 0 Å². The summed E-state index contributed by atoms with van der Waals surface area (Å²) in [4.78, 5) is 4.93. The topological polar surface area (TPSA) is 33.1 Å². The summed E-state index contributed by atoms with van der Waals surface area (Å²) >= 11 is 19.7. The Morgan fingerprint density at radius 3 is 2.52 bits per heavy atom. The highest BCUT2D eigenvalue weighted by Gasteiger charge is 2.35. The summed E-state index contributed by atoms with van der Waals surface area (Å²) in [6.07, 6.45) is 4.26. The molecule has 6 heteroatoms. The van der Waals surface area contributed by atoms with Gasteiger partial charge in [-0.25, -0.2) is 0 Å². The number of aromatic nitrogens is 1. The lowest BCUT2D eigenvalue weighted by molar-refractivity contribution is 0.00473. The lowest BCUT2D eigenvalue weighted by Crippen LogP contribution is -2.36. The van der Waals surface area contributed by atoms with Crippen LogP contribution in [-0.4, -0.2) is 15.8 Å². The zero-order valence-electron chi connectivity index (χ0n) is 12.9. The van der Waals surface area contributed by atoms with Gasteiger partial charge in [-0.3, -0.25) is 4.98 Å². The van der Waals surface area contributed by atoms with Crippen LogP contribution in [0.2, 0.25) is 15.1 Å². The van der Waals surface area contributed by atoms with Crippen LogP contribution in [0, 0.1) is 5.92 Å². The second-order valence-corrected chi connectivity index (χ2v) is 7.70. The molecule has 1 aromatic heterocycles. The summed E-state index contributed by atoms with van der Waals surface area (Å²) in [5.74, 6) is 0.520. The molecule has 0 amide bonds. The first-order valence-corrected chi connectivity index (χ1v) is 9.40. The molecular formula is C17H18Cl3NOS. The Labute approximate surface area is 156 Å². The van der Waals surface area contributed by atoms with Crippen molar-refractivity contribution >= 4 is 46.6 Å². The third kappa shape index (κ3) is 4.34. The molecule has 0 aliphatic rings. The van der Waals surface area contributed by atoms with Gasteiger partial charge in [0.1, 0.15) is 5.60 Å². The fraction of sp³-hybridized carbons (Fsp3) is 0.353. The van der Waals surface area contributed by atoms with Gasteiger partial charge in [-0.2, -0.15) is 0 Å². The van der Waals surface area contributed by atoms with E-state index in [0.29, 0.717) is 20.8 Å². The van der Waals surface area contributed by atoms with Gasteiger partial charge in [-0.05, 0) is 24.1 Å². The molecule has 1 N–H and O–H groups in total. The lowest BCUT2D eigenvalue weighted by atomic mass is 9.83. The van der Waals surface area contributed by atoms with Crippen LogP contribution in [-0.2, 0) is 5.60 Å². The fourth-order valence-electron chi connectivity index (χ4n) is 2.27. The number of rotatable bonds is 6. The number of pyridine rings is 1. The van der Waals surface area contributed by atoms with E-state index < -0.39 is 5.60 Å². The molecule has 2 nitrogen and oxygen atoms in total. The molecule has 0 fully saturated rings. The van der Waals surface area contributed by atoms with Crippen LogP contribution in [0.25, 0.3) is 0 Å². The number of nitrogens with zero attached hydrogens (tertiary/aromatic N) is 1. The van der Waals surface area contributed by atoms with E-state index in [1.54, 1.807) is 24.5 Å². The Morgan fingerprint density at radius 2 is 1.91 bits per heavy atom. The summed E-state index contributed by atoms with van der Waals surface area (Å²) < 4.78 is 0. The Kier molecular flexibility index (Phi) is 6.64. The first kappa shape index (κ1) is 18.9. The van der Waals surface area contributed by atoms with Crippen LogP contribution in [0.3, 0.4) is 0 Å². The molecule has 23 heavy (non-hydrogen) atoms. The molecule has 1 heterocycles. The monoisotopic (exact) mass is 389 g/mol. The zero-order chi connectivity index (χ0) is 17.0. The number of aliphatic hydroxyl groups is 1. The average Bonchev–Trinajstić information content (AvgIpc) is 2.56. The minimum Gasteiger partial charge on any atom is -0.384 e. The minimum atomic E-state index is -0.997. The summed E-state index contributed by atoms with van der Waals surface area (Å²) in [6.45, 7) is 4.09. The Balaban J connectivity index is 2.28. The van der Waals surface area contributed by atoms with Gasteiger partial charge in [0, 0.05) is 28.6 Å². The van der Waals surface area contributed by atoms with E-state index in [0.717, 1.165) is 16.9 Å². The van der Waals surface area contributed by atoms with Crippen molar-refractivity contribution in [3.63, 3.8) is 0 Å². The third-order valence-corrected chi connectivity index (χ3v) is 6.39. The predicted octanol–water partition coefficient (Wildman–Crippen LogP) is 6.07. The zero-order valence-corrected chi connectivity index (χ0v) is 16.0. The van der Waals surface area contributed by atoms with Crippen molar-refractivity contribution in [3.05, 3.63) is 57.3 Å². The van der Waals surface area contributed by atoms with Crippen LogP contribution >= 0.6 is 46.6 Å². The summed E-state index contributed by atoms with van der Waals surface area (Å²) in [6, 6.07) is 7.09. The maximum absolute atomic E-state index is 11.3. The summed E-state index contributed by atoms with van der Waals surface area (Å²) in [7, 11) is 0. The fourth-order valence-corrected chi connectivity index (χ4v) is 4.27. The Morgan fingerprint density at radius 1 is 1.22 bits per heavy atom. The molecule has 0 aliphatic carbocycles. The molecular weight excluding hydrogens is 373 g/mol. The Bertz CT molecular complexity index is 668. The van der Waals surface area contributed by atoms with E-state index >= 15 is 0 Å². The highest BCUT2D eigenvalue weighted by Crippen LogP contribution is 2.40. The van der Waals surface area contributed by atoms with Gasteiger partial charge in [-0.1, -0.05) is 61.1 Å². The molecule has 2 unspecified atom stereocenters. The van der Waals surface area contributed by atoms with Crippen molar-refractivity contribution in [2.45, 2.75) is 30.8 Å². The first-order chi connectivity index (χ1) is 10.9. The molecule has 0 saturated heterocycles. The van der Waals surface area contributed by atoms with Crippen molar-refractivity contribution < 1.29 is 5.11 Å². The van der Waals surface area contributed by atoms with Gasteiger partial charge in [0.05, 0.1) is 15.1 Å². The van der Waals surface area contributed by atoms with Gasteiger partial charge in [-0.15, -0.1) is 11.8 Å². The molecule has 2 aromatic rings. The molecule has 1 aromatic carbocycles. The van der Waals surface area contributed by atoms with E-state index in [1.165, 1.54) is 11.8 Å². The molecule has 0 bridgehead atoms. The van der Waals surface area contributed by atoms with Gasteiger partial charge >= 0.3 is 0 Å². The predicted molar refractivity (Wildman–Crippen MR) is 99.8 cm³/mol. The molecule has 2 atom stereocenters. The van der Waals surface area contributed by atoms with Crippen molar-refractivity contribution in [2.24, 2.45) is 5.92 Å². The second-order valence-electron chi connectivity index (χ2n) is 5.46. The minimum absolute atomic E-state index is 0.0701. The second kappa shape index (κ2) is 8.09. The normalized spacial score (nSPS) is 15.2. The highest BCUT2D eigenvalue weighted by molar-refractivity contribution is 7.99. The smallest absolute Gasteiger partial charge is 0.103 e. The number of benzene rings is 1. The van der Waals surface area contributed by atoms with E-state index in [9.17, 15) is 5.11 Å². The van der Waals surface area contributed by atoms with E-state index in [-0.39, 0.29) is 5.92 Å². The van der Waals surface area contributed by atoms with Crippen LogP contribution < -0.4 is 0 Å². The number of halogens is 3. The largest absolute Gasteiger partial charge is 0.384 e. The van der Waals surface area contributed by atoms with Gasteiger partial charge < -0.3 is 5.11 Å². The van der Waals surface area contributed by atoms with Crippen molar-refractivity contribution in [3.8, 4) is 0 Å². The maximum atomic E-state index is 11.3. The van der Waals surface area contributed by atoms with Crippen molar-refractivity contribution in [2.75, 3.05) is 5.75 Å². The SMILES string of the molecule is CCC(C)C(O)(CSc1cc(Cl)c(Cl)cc1Cl)c1cccnc1. The number of hydrogen-bond donors (Lipinski definition) is 1. The average molecular weight is 391 g/mol. The standard InChI is InChI=1S/C17H18Cl3NOS/c1-3-11(2)17(22,12-5-4-6-21-9-12)10-23-16-8-14(19)13(18)7-15(16)20/h4-9,11,22H,3,10H2,1-2H3. The molecule has 124 valence electrons. The van der Waals surface area contributed by atoms with Gasteiger partial charge in [0.15, 0.2) is 0 Å². The molecule has 0 radical (unpaired) electrons. The molecule has 0 saturated carbocycles. The third-order valence-electron chi connectivity index (χ3n) is 4.01. The van der Waals surface area contributed by atoms with Crippen molar-refractivity contribution in [1.82, 2.24) is 4.98 Å². The number of hydrogen-bond acceptors (Lipinski definition) is 3. The summed E-state index contributed by atoms with van der Waals surface area (Å²) in [5, 5.41) is 12.7. The Hall–Kier alpha value is -0.450. The molecule has 0 spiro atoms. The molecule has 0 aliphatic heterocycles. The van der Waals surface area contributed by atoms with Gasteiger partial charge in [0.25, 0.3) is 0 Å². The van der Waals surface area contributed by atoms with E-state index in [1.807, 2.05) is 19.1 Å². The van der Waals surface area contributed by atoms with Crippen LogP contribution in [0.4, 0.5) is 0 Å². The molecule has 2 rings (SSSR count). The lowest BCUT2D eigenvalue weighted by Gasteiger charge is -2.34. The summed E-state index contributed by atoms with van der Waals surface area (Å²) in [5.41, 5.74) is -0.193. The highest BCUT2D eigenvalue weighted by atomic mass is 35.5. The van der Waals surface area contributed by atoms with E-state index in [2.05, 4.69) is 11.9 Å². The van der Waals surface area contributed by atoms with Crippen LogP contribution in [0.1, 0.15) is 25.8 Å². The first-order valence-electron chi connectivity index (χ1n) is 7.28. The van der Waals surface area contributed by atoms with Crippen molar-refractivity contribution in [1.29, 1.82) is 0 Å². The van der Waals surface area contributed by atoms with E-state index in [4.69, 9.17) is 34.8 Å².